The number of thioether (sulfide) groups is 1. The molecule has 0 radical (unpaired) electrons. The monoisotopic (exact) mass is 412 g/mol. The van der Waals surface area contributed by atoms with Gasteiger partial charge in [-0.1, -0.05) is 30.0 Å². The Morgan fingerprint density at radius 2 is 1.96 bits per heavy atom. The van der Waals surface area contributed by atoms with Crippen LogP contribution in [0, 0.1) is 5.82 Å². The average Bonchev–Trinajstić information content (AvgIpc) is 2.95. The number of thiocarbonyl (C=S) groups is 1. The van der Waals surface area contributed by atoms with E-state index in [-0.39, 0.29) is 9.88 Å². The van der Waals surface area contributed by atoms with Crippen molar-refractivity contribution in [3.05, 3.63) is 82.0 Å². The van der Waals surface area contributed by atoms with E-state index in [0.29, 0.717) is 11.5 Å². The molecular weight excluding hydrogens is 399 g/mol. The summed E-state index contributed by atoms with van der Waals surface area (Å²) in [5, 5.41) is 1.02. The summed E-state index contributed by atoms with van der Waals surface area (Å²) < 4.78 is 18.9. The van der Waals surface area contributed by atoms with E-state index in [4.69, 9.17) is 17.0 Å². The lowest BCUT2D eigenvalue weighted by Gasteiger charge is -2.16. The molecule has 0 atom stereocenters. The van der Waals surface area contributed by atoms with E-state index < -0.39 is 17.6 Å². The van der Waals surface area contributed by atoms with E-state index in [1.54, 1.807) is 6.08 Å². The molecule has 2 aromatic carbocycles. The molecule has 1 saturated heterocycles. The van der Waals surface area contributed by atoms with Crippen LogP contribution < -0.4 is 10.2 Å². The second kappa shape index (κ2) is 7.57. The number of hydrogen-bond donors (Lipinski definition) is 1. The molecule has 2 heterocycles. The third-order valence-corrected chi connectivity index (χ3v) is 5.39. The van der Waals surface area contributed by atoms with Gasteiger partial charge < -0.3 is 4.74 Å². The summed E-state index contributed by atoms with van der Waals surface area (Å²) in [5.74, 6) is -0.634. The normalized spacial score (nSPS) is 17.2. The zero-order chi connectivity index (χ0) is 19.7. The first kappa shape index (κ1) is 18.4. The van der Waals surface area contributed by atoms with Crippen LogP contribution in [0.5, 0.6) is 5.75 Å². The van der Waals surface area contributed by atoms with Crippen LogP contribution in [0.1, 0.15) is 15.9 Å². The number of halogens is 1. The fourth-order valence-electron chi connectivity index (χ4n) is 2.72. The molecule has 5 nitrogen and oxygen atoms in total. The molecule has 0 unspecified atom stereocenters. The Labute approximate surface area is 169 Å². The number of hydrogen-bond acceptors (Lipinski definition) is 5. The third-order valence-electron chi connectivity index (χ3n) is 4.08. The molecule has 1 fully saturated rings. The van der Waals surface area contributed by atoms with Crippen LogP contribution in [0.25, 0.3) is 6.08 Å². The van der Waals surface area contributed by atoms with Crippen molar-refractivity contribution in [3.63, 3.8) is 0 Å². The van der Waals surface area contributed by atoms with Crippen molar-refractivity contribution in [3.8, 4) is 5.75 Å². The highest BCUT2D eigenvalue weighted by Gasteiger charge is 2.34. The van der Waals surface area contributed by atoms with Crippen molar-refractivity contribution in [2.75, 3.05) is 6.61 Å². The molecule has 0 spiro atoms. The highest BCUT2D eigenvalue weighted by Crippen LogP contribution is 2.33. The number of nitrogens with one attached hydrogen (secondary N) is 1. The van der Waals surface area contributed by atoms with Crippen LogP contribution in [0.2, 0.25) is 0 Å². The Hall–Kier alpha value is -2.97. The number of ether oxygens (including phenoxy) is 1. The van der Waals surface area contributed by atoms with Gasteiger partial charge in [0.15, 0.2) is 4.32 Å². The Bertz CT molecular complexity index is 1050. The molecule has 140 valence electrons. The summed E-state index contributed by atoms with van der Waals surface area (Å²) in [7, 11) is 0. The molecule has 0 bridgehead atoms. The minimum absolute atomic E-state index is 0.212. The summed E-state index contributed by atoms with van der Waals surface area (Å²) in [5.41, 5.74) is 4.44. The maximum absolute atomic E-state index is 13.0. The standard InChI is InChI=1S/C20H13FN2O3S2/c21-15-7-5-13(6-8-15)18(24)22-23-19(25)17(28-20(23)27)10-12-9-14-3-1-2-4-16(14)26-11-12/h1-10H,11H2,(H,22,24)/b17-10-. The van der Waals surface area contributed by atoms with E-state index in [1.165, 1.54) is 24.3 Å². The van der Waals surface area contributed by atoms with Crippen molar-refractivity contribution in [1.82, 2.24) is 10.4 Å². The van der Waals surface area contributed by atoms with Crippen molar-refractivity contribution in [1.29, 1.82) is 0 Å². The second-order valence-corrected chi connectivity index (χ2v) is 7.69. The highest BCUT2D eigenvalue weighted by atomic mass is 32.2. The summed E-state index contributed by atoms with van der Waals surface area (Å²) in [6.45, 7) is 0.336. The minimum atomic E-state index is -0.549. The molecule has 0 aromatic heterocycles. The molecule has 2 aliphatic rings. The quantitative estimate of drug-likeness (QED) is 0.616. The topological polar surface area (TPSA) is 58.6 Å². The van der Waals surface area contributed by atoms with E-state index in [0.717, 1.165) is 33.7 Å². The Balaban J connectivity index is 1.51. The van der Waals surface area contributed by atoms with E-state index >= 15 is 0 Å². The summed E-state index contributed by atoms with van der Waals surface area (Å²) in [6.07, 6.45) is 3.65. The number of amides is 2. The number of hydrazine groups is 1. The Morgan fingerprint density at radius 1 is 1.21 bits per heavy atom. The first-order valence-corrected chi connectivity index (χ1v) is 9.50. The molecule has 1 N–H and O–H groups in total. The van der Waals surface area contributed by atoms with Gasteiger partial charge >= 0.3 is 0 Å². The second-order valence-electron chi connectivity index (χ2n) is 6.01. The van der Waals surface area contributed by atoms with Crippen LogP contribution in [-0.4, -0.2) is 27.8 Å². The van der Waals surface area contributed by atoms with Gasteiger partial charge in [-0.25, -0.2) is 4.39 Å². The number of benzene rings is 2. The lowest BCUT2D eigenvalue weighted by atomic mass is 10.1. The van der Waals surface area contributed by atoms with Crippen LogP contribution in [0.3, 0.4) is 0 Å². The molecule has 2 amide bonds. The largest absolute Gasteiger partial charge is 0.488 e. The molecule has 2 aromatic rings. The van der Waals surface area contributed by atoms with Crippen molar-refractivity contribution >= 4 is 46.2 Å². The van der Waals surface area contributed by atoms with Crippen molar-refractivity contribution in [2.45, 2.75) is 0 Å². The van der Waals surface area contributed by atoms with Gasteiger partial charge in [-0.3, -0.25) is 15.0 Å². The molecule has 2 aliphatic heterocycles. The maximum atomic E-state index is 13.0. The maximum Gasteiger partial charge on any atom is 0.285 e. The van der Waals surface area contributed by atoms with E-state index in [1.807, 2.05) is 30.3 Å². The van der Waals surface area contributed by atoms with Gasteiger partial charge in [0.05, 0.1) is 4.91 Å². The van der Waals surface area contributed by atoms with Gasteiger partial charge in [0.1, 0.15) is 18.2 Å². The predicted molar refractivity (Wildman–Crippen MR) is 109 cm³/mol. The zero-order valence-corrected chi connectivity index (χ0v) is 16.0. The summed E-state index contributed by atoms with van der Waals surface area (Å²) >= 11 is 6.31. The van der Waals surface area contributed by atoms with Gasteiger partial charge in [-0.2, -0.15) is 5.01 Å². The molecule has 0 aliphatic carbocycles. The smallest absolute Gasteiger partial charge is 0.285 e. The lowest BCUT2D eigenvalue weighted by Crippen LogP contribution is -2.44. The Morgan fingerprint density at radius 3 is 2.75 bits per heavy atom. The minimum Gasteiger partial charge on any atom is -0.488 e. The fourth-order valence-corrected chi connectivity index (χ4v) is 3.91. The van der Waals surface area contributed by atoms with Crippen molar-refractivity contribution < 1.29 is 18.7 Å². The van der Waals surface area contributed by atoms with Crippen LogP contribution in [0.4, 0.5) is 4.39 Å². The third kappa shape index (κ3) is 3.69. The van der Waals surface area contributed by atoms with E-state index in [9.17, 15) is 14.0 Å². The molecule has 28 heavy (non-hydrogen) atoms. The summed E-state index contributed by atoms with van der Waals surface area (Å²) in [4.78, 5) is 25.3. The number of fused-ring (bicyclic) bond motifs is 1. The van der Waals surface area contributed by atoms with Gasteiger partial charge in [0.25, 0.3) is 11.8 Å². The van der Waals surface area contributed by atoms with Crippen LogP contribution >= 0.6 is 24.0 Å². The van der Waals surface area contributed by atoms with Gasteiger partial charge in [-0.15, -0.1) is 0 Å². The lowest BCUT2D eigenvalue weighted by molar-refractivity contribution is -0.123. The number of carbonyl (C=O) groups is 2. The average molecular weight is 412 g/mol. The van der Waals surface area contributed by atoms with Gasteiger partial charge in [-0.05, 0) is 60.3 Å². The molecular formula is C20H13FN2O3S2. The molecule has 8 heteroatoms. The predicted octanol–water partition coefficient (Wildman–Crippen LogP) is 3.69. The zero-order valence-electron chi connectivity index (χ0n) is 14.3. The van der Waals surface area contributed by atoms with Crippen LogP contribution in [-0.2, 0) is 4.79 Å². The first-order chi connectivity index (χ1) is 13.5. The first-order valence-electron chi connectivity index (χ1n) is 8.28. The number of nitrogens with zero attached hydrogens (tertiary/aromatic N) is 1. The van der Waals surface area contributed by atoms with Crippen LogP contribution in [0.15, 0.2) is 65.1 Å². The van der Waals surface area contributed by atoms with Crippen molar-refractivity contribution in [2.24, 2.45) is 0 Å². The number of carbonyl (C=O) groups excluding carboxylic acids is 2. The fraction of sp³-hybridized carbons (Fsp3) is 0.0500. The molecule has 4 rings (SSSR count). The number of rotatable bonds is 3. The van der Waals surface area contributed by atoms with Gasteiger partial charge in [0, 0.05) is 11.1 Å². The summed E-state index contributed by atoms with van der Waals surface area (Å²) in [6, 6.07) is 12.6. The van der Waals surface area contributed by atoms with E-state index in [2.05, 4.69) is 5.43 Å². The Kier molecular flexibility index (Phi) is 4.97. The molecule has 0 saturated carbocycles. The number of para-hydroxylation sites is 1. The van der Waals surface area contributed by atoms with Gasteiger partial charge in [0.2, 0.25) is 0 Å². The highest BCUT2D eigenvalue weighted by molar-refractivity contribution is 8.26. The SMILES string of the molecule is O=C(NN1C(=O)/C(=C/C2=Cc3ccccc3OC2)SC1=S)c1ccc(F)cc1.